The van der Waals surface area contributed by atoms with Gasteiger partial charge in [-0.1, -0.05) is 64.7 Å². The first-order chi connectivity index (χ1) is 20.0. The maximum absolute atomic E-state index is 13.4. The largest absolute Gasteiger partial charge is 0.493 e. The molecular formula is C34H49N3O5. The molecule has 0 amide bonds. The van der Waals surface area contributed by atoms with Crippen molar-refractivity contribution in [3.8, 4) is 5.75 Å². The van der Waals surface area contributed by atoms with Gasteiger partial charge in [0.1, 0.15) is 11.6 Å². The van der Waals surface area contributed by atoms with Crippen LogP contribution < -0.4 is 15.0 Å². The van der Waals surface area contributed by atoms with Crippen LogP contribution in [0.3, 0.4) is 0 Å². The van der Waals surface area contributed by atoms with Gasteiger partial charge in [0.15, 0.2) is 5.57 Å². The molecule has 2 aromatic carbocycles. The Hall–Kier alpha value is -3.68. The van der Waals surface area contributed by atoms with E-state index in [9.17, 15) is 9.59 Å². The number of unbranched alkanes of at least 4 members (excludes halogenated alkanes) is 4. The van der Waals surface area contributed by atoms with E-state index >= 15 is 0 Å². The minimum Gasteiger partial charge on any atom is -0.493 e. The first kappa shape index (κ1) is 32.8. The van der Waals surface area contributed by atoms with E-state index in [0.29, 0.717) is 31.4 Å². The van der Waals surface area contributed by atoms with Crippen molar-refractivity contribution in [2.75, 3.05) is 37.5 Å². The Bertz CT molecular complexity index is 1180. The molecule has 8 heteroatoms. The predicted molar refractivity (Wildman–Crippen MR) is 168 cm³/mol. The van der Waals surface area contributed by atoms with E-state index in [2.05, 4.69) is 26.1 Å². The summed E-state index contributed by atoms with van der Waals surface area (Å²) in [5.41, 5.74) is 2.60. The van der Waals surface area contributed by atoms with Crippen LogP contribution in [-0.4, -0.2) is 49.9 Å². The molecule has 8 nitrogen and oxygen atoms in total. The molecule has 1 aliphatic heterocycles. The lowest BCUT2D eigenvalue weighted by atomic mass is 10.1. The molecule has 1 fully saturated rings. The Kier molecular flexibility index (Phi) is 12.1. The molecule has 1 saturated heterocycles. The van der Waals surface area contributed by atoms with Crippen molar-refractivity contribution in [1.29, 1.82) is 0 Å². The third-order valence-electron chi connectivity index (χ3n) is 7.10. The number of anilines is 2. The second-order valence-corrected chi connectivity index (χ2v) is 11.9. The standard InChI is InChI=1S/C34H49N3O5/c1-8-9-10-11-14-22-37(24-26-15-12-13-16-29(26)40-23-21-25(2)3)31(30-32(38)41-34(4,5)42-33(30)39)35-27-17-19-28(20-18-27)36(6)7/h12-13,15-20,25,35H,8-11,14,21-24H2,1-7H3. The van der Waals surface area contributed by atoms with E-state index < -0.39 is 17.7 Å². The van der Waals surface area contributed by atoms with Crippen molar-refractivity contribution >= 4 is 23.3 Å². The van der Waals surface area contributed by atoms with Gasteiger partial charge in [-0.05, 0) is 49.1 Å². The molecule has 0 spiro atoms. The quantitative estimate of drug-likeness (QED) is 0.0976. The van der Waals surface area contributed by atoms with Gasteiger partial charge in [0.25, 0.3) is 5.79 Å². The highest BCUT2D eigenvalue weighted by Crippen LogP contribution is 2.30. The van der Waals surface area contributed by atoms with Crippen LogP contribution in [0, 0.1) is 5.92 Å². The Labute approximate surface area is 252 Å². The highest BCUT2D eigenvalue weighted by Gasteiger charge is 2.42. The fourth-order valence-corrected chi connectivity index (χ4v) is 4.69. The van der Waals surface area contributed by atoms with Gasteiger partial charge in [0.05, 0.1) is 6.61 Å². The van der Waals surface area contributed by atoms with Gasteiger partial charge < -0.3 is 29.3 Å². The molecule has 2 aromatic rings. The first-order valence-electron chi connectivity index (χ1n) is 15.2. The summed E-state index contributed by atoms with van der Waals surface area (Å²) in [5, 5.41) is 3.40. The van der Waals surface area contributed by atoms with Gasteiger partial charge in [-0.15, -0.1) is 0 Å². The Morgan fingerprint density at radius 3 is 2.19 bits per heavy atom. The number of hydrogen-bond acceptors (Lipinski definition) is 8. The number of carbonyl (C=O) groups excluding carboxylic acids is 2. The van der Waals surface area contributed by atoms with Crippen LogP contribution in [0.4, 0.5) is 11.4 Å². The highest BCUT2D eigenvalue weighted by atomic mass is 16.7. The molecular weight excluding hydrogens is 530 g/mol. The zero-order valence-corrected chi connectivity index (χ0v) is 26.5. The number of benzene rings is 2. The minimum atomic E-state index is -1.34. The van der Waals surface area contributed by atoms with Crippen LogP contribution in [0.1, 0.15) is 78.7 Å². The van der Waals surface area contributed by atoms with Crippen molar-refractivity contribution in [1.82, 2.24) is 4.90 Å². The van der Waals surface area contributed by atoms with Crippen molar-refractivity contribution in [2.24, 2.45) is 5.92 Å². The molecule has 0 saturated carbocycles. The third kappa shape index (κ3) is 9.71. The molecule has 1 aliphatic rings. The van der Waals surface area contributed by atoms with E-state index in [1.807, 2.05) is 72.4 Å². The molecule has 42 heavy (non-hydrogen) atoms. The SMILES string of the molecule is CCCCCCCN(Cc1ccccc1OCCC(C)C)C(Nc1ccc(N(C)C)cc1)=C1C(=O)OC(C)(C)OC1=O. The maximum Gasteiger partial charge on any atom is 0.352 e. The Balaban J connectivity index is 2.04. The zero-order valence-electron chi connectivity index (χ0n) is 26.5. The highest BCUT2D eigenvalue weighted by molar-refractivity contribution is 6.16. The number of hydrogen-bond donors (Lipinski definition) is 1. The van der Waals surface area contributed by atoms with Crippen molar-refractivity contribution in [2.45, 2.75) is 85.5 Å². The Morgan fingerprint density at radius 1 is 0.929 bits per heavy atom. The molecule has 3 rings (SSSR count). The van der Waals surface area contributed by atoms with E-state index in [1.165, 1.54) is 6.42 Å². The monoisotopic (exact) mass is 579 g/mol. The zero-order chi connectivity index (χ0) is 30.7. The van der Waals surface area contributed by atoms with Gasteiger partial charge in [0.2, 0.25) is 0 Å². The summed E-state index contributed by atoms with van der Waals surface area (Å²) in [6, 6.07) is 15.8. The summed E-state index contributed by atoms with van der Waals surface area (Å²) in [6.45, 7) is 11.3. The van der Waals surface area contributed by atoms with Crippen molar-refractivity contribution in [3.05, 3.63) is 65.5 Å². The van der Waals surface area contributed by atoms with Crippen LogP contribution in [-0.2, 0) is 25.6 Å². The number of rotatable bonds is 16. The summed E-state index contributed by atoms with van der Waals surface area (Å²) >= 11 is 0. The van der Waals surface area contributed by atoms with Gasteiger partial charge in [0, 0.05) is 58.0 Å². The fourth-order valence-electron chi connectivity index (χ4n) is 4.69. The number of cyclic esters (lactones) is 2. The lowest BCUT2D eigenvalue weighted by Crippen LogP contribution is -2.44. The van der Waals surface area contributed by atoms with Crippen molar-refractivity contribution < 1.29 is 23.8 Å². The number of ether oxygens (including phenoxy) is 3. The number of nitrogens with zero attached hydrogens (tertiary/aromatic N) is 2. The van der Waals surface area contributed by atoms with Crippen LogP contribution >= 0.6 is 0 Å². The summed E-state index contributed by atoms with van der Waals surface area (Å²) in [4.78, 5) is 30.8. The molecule has 1 N–H and O–H groups in total. The van der Waals surface area contributed by atoms with E-state index in [4.69, 9.17) is 14.2 Å². The van der Waals surface area contributed by atoms with E-state index in [-0.39, 0.29) is 5.57 Å². The molecule has 230 valence electrons. The lowest BCUT2D eigenvalue weighted by molar-refractivity contribution is -0.222. The van der Waals surface area contributed by atoms with Crippen LogP contribution in [0.2, 0.25) is 0 Å². The maximum atomic E-state index is 13.4. The van der Waals surface area contributed by atoms with E-state index in [0.717, 1.165) is 54.8 Å². The molecule has 0 aliphatic carbocycles. The third-order valence-corrected chi connectivity index (χ3v) is 7.10. The normalized spacial score (nSPS) is 14.3. The van der Waals surface area contributed by atoms with Crippen LogP contribution in [0.5, 0.6) is 5.75 Å². The molecule has 0 bridgehead atoms. The number of carbonyl (C=O) groups is 2. The molecule has 0 radical (unpaired) electrons. The molecule has 0 aromatic heterocycles. The topological polar surface area (TPSA) is 80.3 Å². The van der Waals surface area contributed by atoms with Gasteiger partial charge >= 0.3 is 11.9 Å². The van der Waals surface area contributed by atoms with Crippen LogP contribution in [0.15, 0.2) is 59.9 Å². The van der Waals surface area contributed by atoms with Crippen LogP contribution in [0.25, 0.3) is 0 Å². The average Bonchev–Trinajstić information content (AvgIpc) is 2.91. The lowest BCUT2D eigenvalue weighted by Gasteiger charge is -2.34. The van der Waals surface area contributed by atoms with Gasteiger partial charge in [-0.2, -0.15) is 0 Å². The first-order valence-corrected chi connectivity index (χ1v) is 15.2. The van der Waals surface area contributed by atoms with Crippen molar-refractivity contribution in [3.63, 3.8) is 0 Å². The number of para-hydroxylation sites is 1. The second kappa shape index (κ2) is 15.5. The molecule has 0 atom stereocenters. The summed E-state index contributed by atoms with van der Waals surface area (Å²) < 4.78 is 17.3. The average molecular weight is 580 g/mol. The van der Waals surface area contributed by atoms with E-state index in [1.54, 1.807) is 13.8 Å². The second-order valence-electron chi connectivity index (χ2n) is 11.9. The predicted octanol–water partition coefficient (Wildman–Crippen LogP) is 7.11. The number of esters is 2. The molecule has 1 heterocycles. The van der Waals surface area contributed by atoms with Gasteiger partial charge in [-0.3, -0.25) is 0 Å². The minimum absolute atomic E-state index is 0.141. The number of nitrogens with one attached hydrogen (secondary N) is 1. The Morgan fingerprint density at radius 2 is 1.57 bits per heavy atom. The van der Waals surface area contributed by atoms with Gasteiger partial charge in [-0.25, -0.2) is 9.59 Å². The smallest absolute Gasteiger partial charge is 0.352 e. The molecule has 0 unspecified atom stereocenters. The fraction of sp³-hybridized carbons (Fsp3) is 0.529. The summed E-state index contributed by atoms with van der Waals surface area (Å²) in [6.07, 6.45) is 6.33. The summed E-state index contributed by atoms with van der Waals surface area (Å²) in [7, 11) is 3.96. The summed E-state index contributed by atoms with van der Waals surface area (Å²) in [5.74, 6) is -1.06.